The zero-order valence-electron chi connectivity index (χ0n) is 20.6. The number of aliphatic hydroxyl groups is 1. The van der Waals surface area contributed by atoms with Gasteiger partial charge in [-0.05, 0) is 42.8 Å². The molecule has 4 rings (SSSR count). The van der Waals surface area contributed by atoms with E-state index in [4.69, 9.17) is 0 Å². The van der Waals surface area contributed by atoms with Crippen molar-refractivity contribution in [3.63, 3.8) is 0 Å². The molecule has 1 heterocycles. The fourth-order valence-electron chi connectivity index (χ4n) is 3.59. The maximum Gasteiger partial charge on any atom is 0.276 e. The topological polar surface area (TPSA) is 197 Å². The van der Waals surface area contributed by atoms with Gasteiger partial charge in [0.25, 0.3) is 21.3 Å². The van der Waals surface area contributed by atoms with Crippen LogP contribution in [0.2, 0.25) is 0 Å². The third-order valence-electron chi connectivity index (χ3n) is 5.55. The molecule has 0 saturated heterocycles. The van der Waals surface area contributed by atoms with Crippen molar-refractivity contribution in [2.75, 3.05) is 5.32 Å². The van der Waals surface area contributed by atoms with Crippen LogP contribution in [-0.4, -0.2) is 40.0 Å². The maximum absolute atomic E-state index is 13.0. The number of carbonyl (C=O) groups is 1. The highest BCUT2D eigenvalue weighted by atomic mass is 32.2. The zero-order chi connectivity index (χ0) is 28.3. The second kappa shape index (κ2) is 10.8. The lowest BCUT2D eigenvalue weighted by Crippen LogP contribution is -2.29. The molecular formula is C25H22N6O7S. The minimum atomic E-state index is -4.20. The number of nitro groups is 1. The lowest BCUT2D eigenvalue weighted by molar-refractivity contribution is -0.384. The molecule has 3 aromatic carbocycles. The van der Waals surface area contributed by atoms with Gasteiger partial charge in [0.05, 0.1) is 20.9 Å². The van der Waals surface area contributed by atoms with E-state index in [1.165, 1.54) is 55.5 Å². The summed E-state index contributed by atoms with van der Waals surface area (Å²) < 4.78 is 25.7. The van der Waals surface area contributed by atoms with Crippen LogP contribution in [0.4, 0.5) is 11.4 Å². The predicted octanol–water partition coefficient (Wildman–Crippen LogP) is 2.51. The number of non-ortho nitro benzene ring substituents is 1. The van der Waals surface area contributed by atoms with E-state index in [1.54, 1.807) is 19.1 Å². The summed E-state index contributed by atoms with van der Waals surface area (Å²) in [5.41, 5.74) is -0.298. The summed E-state index contributed by atoms with van der Waals surface area (Å²) in [5.74, 6) is -0.303. The lowest BCUT2D eigenvalue weighted by atomic mass is 10.0. The Morgan fingerprint density at radius 2 is 1.77 bits per heavy atom. The standard InChI is InChI=1S/C25H22N6O7S/c1-14-3-10-19(11-4-14)39(37,38)30-29-22(24(33)16-5-7-17(8-6-16)26-15(2)32)23-25(34)28-21-13-18(31(35)36)9-12-20(21)27-23/h3-13,24,30,33H,1-2H3,(H,26,32)(H,28,34)/b29-22+/t24-/m1/s1. The summed E-state index contributed by atoms with van der Waals surface area (Å²) in [7, 11) is -4.20. The average Bonchev–Trinajstić information content (AvgIpc) is 2.88. The Balaban J connectivity index is 1.81. The molecular weight excluding hydrogens is 528 g/mol. The number of hydrogen-bond acceptors (Lipinski definition) is 9. The summed E-state index contributed by atoms with van der Waals surface area (Å²) in [6, 6.07) is 15.5. The highest BCUT2D eigenvalue weighted by molar-refractivity contribution is 7.89. The SMILES string of the molecule is CC(=O)Nc1ccc([C@@H](O)/C(=N/NS(=O)(=O)c2ccc(C)cc2)c2nc3ccc([N+](=O)[O-])cc3[nH]c2=O)cc1. The molecule has 0 fully saturated rings. The third kappa shape index (κ3) is 6.14. The molecule has 0 radical (unpaired) electrons. The van der Waals surface area contributed by atoms with E-state index in [0.29, 0.717) is 5.69 Å². The minimum Gasteiger partial charge on any atom is -0.382 e. The van der Waals surface area contributed by atoms with Gasteiger partial charge in [0, 0.05) is 24.7 Å². The Hall–Kier alpha value is -4.95. The van der Waals surface area contributed by atoms with Gasteiger partial charge in [-0.15, -0.1) is 0 Å². The van der Waals surface area contributed by atoms with Crippen molar-refractivity contribution in [3.8, 4) is 0 Å². The first-order valence-electron chi connectivity index (χ1n) is 11.3. The number of hydrogen-bond donors (Lipinski definition) is 4. The normalized spacial score (nSPS) is 12.6. The van der Waals surface area contributed by atoms with Crippen LogP contribution in [0.1, 0.15) is 29.8 Å². The highest BCUT2D eigenvalue weighted by Gasteiger charge is 2.24. The quantitative estimate of drug-likeness (QED) is 0.146. The molecule has 1 aromatic heterocycles. The fraction of sp³-hybridized carbons (Fsp3) is 0.120. The molecule has 1 amide bonds. The Labute approximate surface area is 221 Å². The number of hydrazone groups is 1. The molecule has 4 N–H and O–H groups in total. The van der Waals surface area contributed by atoms with Crippen LogP contribution >= 0.6 is 0 Å². The summed E-state index contributed by atoms with van der Waals surface area (Å²) >= 11 is 0. The molecule has 0 aliphatic heterocycles. The fourth-order valence-corrected chi connectivity index (χ4v) is 4.41. The summed E-state index contributed by atoms with van der Waals surface area (Å²) in [4.78, 5) is 43.4. The van der Waals surface area contributed by atoms with Crippen molar-refractivity contribution < 1.29 is 23.2 Å². The van der Waals surface area contributed by atoms with E-state index in [0.717, 1.165) is 11.6 Å². The number of rotatable bonds is 8. The molecule has 200 valence electrons. The van der Waals surface area contributed by atoms with E-state index in [-0.39, 0.29) is 33.1 Å². The van der Waals surface area contributed by atoms with Crippen molar-refractivity contribution in [3.05, 3.63) is 104 Å². The molecule has 39 heavy (non-hydrogen) atoms. The number of carbonyl (C=O) groups excluding carboxylic acids is 1. The van der Waals surface area contributed by atoms with Crippen LogP contribution in [0.25, 0.3) is 11.0 Å². The molecule has 0 aliphatic carbocycles. The summed E-state index contributed by atoms with van der Waals surface area (Å²) in [5, 5.41) is 28.8. The number of aliphatic hydroxyl groups excluding tert-OH is 1. The average molecular weight is 551 g/mol. The first-order chi connectivity index (χ1) is 18.4. The van der Waals surface area contributed by atoms with Crippen molar-refractivity contribution in [2.45, 2.75) is 24.8 Å². The van der Waals surface area contributed by atoms with E-state index in [9.17, 15) is 33.2 Å². The smallest absolute Gasteiger partial charge is 0.276 e. The molecule has 13 nitrogen and oxygen atoms in total. The molecule has 0 spiro atoms. The van der Waals surface area contributed by atoms with Crippen LogP contribution < -0.4 is 15.7 Å². The van der Waals surface area contributed by atoms with Gasteiger partial charge in [-0.3, -0.25) is 19.7 Å². The number of amides is 1. The number of fused-ring (bicyclic) bond motifs is 1. The number of sulfonamides is 1. The number of benzene rings is 3. The number of nitrogens with zero attached hydrogens (tertiary/aromatic N) is 3. The number of aryl methyl sites for hydroxylation is 1. The van der Waals surface area contributed by atoms with Crippen LogP contribution in [0, 0.1) is 17.0 Å². The van der Waals surface area contributed by atoms with E-state index in [2.05, 4.69) is 20.4 Å². The second-order valence-electron chi connectivity index (χ2n) is 8.48. The van der Waals surface area contributed by atoms with Gasteiger partial charge < -0.3 is 15.4 Å². The zero-order valence-corrected chi connectivity index (χ0v) is 21.4. The van der Waals surface area contributed by atoms with E-state index in [1.807, 2.05) is 4.83 Å². The highest BCUT2D eigenvalue weighted by Crippen LogP contribution is 2.22. The minimum absolute atomic E-state index is 0.0617. The maximum atomic E-state index is 13.0. The number of aromatic nitrogens is 2. The molecule has 0 saturated carbocycles. The van der Waals surface area contributed by atoms with Crippen molar-refractivity contribution >= 4 is 44.1 Å². The summed E-state index contributed by atoms with van der Waals surface area (Å²) in [6.45, 7) is 3.12. The number of nitrogens with one attached hydrogen (secondary N) is 3. The number of nitro benzene ring substituents is 1. The van der Waals surface area contributed by atoms with Crippen LogP contribution in [0.5, 0.6) is 0 Å². The van der Waals surface area contributed by atoms with Gasteiger partial charge in [0.15, 0.2) is 5.69 Å². The van der Waals surface area contributed by atoms with Gasteiger partial charge in [0.1, 0.15) is 11.8 Å². The molecule has 14 heteroatoms. The van der Waals surface area contributed by atoms with Gasteiger partial charge >= 0.3 is 0 Å². The molecule has 0 unspecified atom stereocenters. The van der Waals surface area contributed by atoms with E-state index >= 15 is 0 Å². The monoisotopic (exact) mass is 550 g/mol. The van der Waals surface area contributed by atoms with Gasteiger partial charge in [0.2, 0.25) is 5.91 Å². The molecule has 0 bridgehead atoms. The molecule has 0 aliphatic rings. The number of anilines is 1. The number of H-pyrrole nitrogens is 1. The van der Waals surface area contributed by atoms with Crippen LogP contribution in [-0.2, 0) is 14.8 Å². The van der Waals surface area contributed by atoms with Crippen molar-refractivity contribution in [1.29, 1.82) is 0 Å². The van der Waals surface area contributed by atoms with E-state index < -0.39 is 38.0 Å². The van der Waals surface area contributed by atoms with Crippen molar-refractivity contribution in [2.24, 2.45) is 5.10 Å². The lowest BCUT2D eigenvalue weighted by Gasteiger charge is -2.15. The summed E-state index contributed by atoms with van der Waals surface area (Å²) in [6.07, 6.45) is -1.64. The Morgan fingerprint density at radius 3 is 2.38 bits per heavy atom. The largest absolute Gasteiger partial charge is 0.382 e. The Morgan fingerprint density at radius 1 is 1.10 bits per heavy atom. The second-order valence-corrected chi connectivity index (χ2v) is 10.1. The predicted molar refractivity (Wildman–Crippen MR) is 143 cm³/mol. The van der Waals surface area contributed by atoms with Gasteiger partial charge in [-0.1, -0.05) is 29.8 Å². The Bertz CT molecular complexity index is 1770. The van der Waals surface area contributed by atoms with Crippen LogP contribution in [0.3, 0.4) is 0 Å². The first kappa shape index (κ1) is 27.1. The molecule has 4 aromatic rings. The van der Waals surface area contributed by atoms with Gasteiger partial charge in [-0.2, -0.15) is 18.4 Å². The number of aromatic amines is 1. The van der Waals surface area contributed by atoms with Crippen LogP contribution in [0.15, 0.2) is 81.5 Å². The molecule has 1 atom stereocenters. The Kier molecular flexibility index (Phi) is 7.51. The van der Waals surface area contributed by atoms with Crippen molar-refractivity contribution in [1.82, 2.24) is 14.8 Å². The third-order valence-corrected chi connectivity index (χ3v) is 6.78. The first-order valence-corrected chi connectivity index (χ1v) is 12.8. The van der Waals surface area contributed by atoms with Gasteiger partial charge in [-0.25, -0.2) is 4.98 Å².